The first kappa shape index (κ1) is 32.7. The van der Waals surface area contributed by atoms with E-state index in [1.54, 1.807) is 0 Å². The maximum absolute atomic E-state index is 1.50. The summed E-state index contributed by atoms with van der Waals surface area (Å²) in [7, 11) is 0. The molecule has 3 N–H and O–H groups in total. The standard InChI is InChI=1S/2C14H28.Mn.H3N/c2*1-2-4-6-8-10-12-14-13-11-9-7-5-3-1;;/h2*1-14H2;;1H3. The average Bonchev–Trinajstić information content (AvgIpc) is 2.72. The molecule has 2 saturated carbocycles. The molecule has 0 spiro atoms. The van der Waals surface area contributed by atoms with Gasteiger partial charge in [0, 0.05) is 17.1 Å². The second-order valence-electron chi connectivity index (χ2n) is 9.90. The Kier molecular flexibility index (Phi) is 32.1. The summed E-state index contributed by atoms with van der Waals surface area (Å²) in [6.45, 7) is 0. The van der Waals surface area contributed by atoms with E-state index in [1.807, 2.05) is 0 Å². The maximum Gasteiger partial charge on any atom is 0 e. The monoisotopic (exact) mass is 464 g/mol. The Morgan fingerprint density at radius 1 is 0.133 bits per heavy atom. The maximum atomic E-state index is 1.50. The molecule has 0 aliphatic heterocycles. The van der Waals surface area contributed by atoms with Crippen molar-refractivity contribution < 1.29 is 17.1 Å². The van der Waals surface area contributed by atoms with Gasteiger partial charge in [-0.2, -0.15) is 0 Å². The van der Waals surface area contributed by atoms with Gasteiger partial charge in [-0.15, -0.1) is 0 Å². The Bertz CT molecular complexity index is 147. The average molecular weight is 465 g/mol. The van der Waals surface area contributed by atoms with Gasteiger partial charge in [0.25, 0.3) is 0 Å². The molecule has 0 saturated heterocycles. The van der Waals surface area contributed by atoms with Crippen LogP contribution in [-0.4, -0.2) is 0 Å². The van der Waals surface area contributed by atoms with Crippen LogP contribution in [0.25, 0.3) is 0 Å². The van der Waals surface area contributed by atoms with Crippen molar-refractivity contribution in [2.75, 3.05) is 0 Å². The molecule has 2 rings (SSSR count). The molecular formula is C28H59MnN. The van der Waals surface area contributed by atoms with Gasteiger partial charge in [-0.1, -0.05) is 180 Å². The normalized spacial score (nSPS) is 22.4. The van der Waals surface area contributed by atoms with Gasteiger partial charge in [0.1, 0.15) is 0 Å². The summed E-state index contributed by atoms with van der Waals surface area (Å²) in [6.07, 6.45) is 42.0. The molecule has 0 amide bonds. The minimum absolute atomic E-state index is 0. The molecule has 1 nitrogen and oxygen atoms in total. The minimum atomic E-state index is 0. The fraction of sp³-hybridized carbons (Fsp3) is 1.00. The first-order valence-corrected chi connectivity index (χ1v) is 14.0. The number of hydrogen-bond donors (Lipinski definition) is 1. The quantitative estimate of drug-likeness (QED) is 0.355. The molecule has 0 aromatic carbocycles. The molecule has 0 unspecified atom stereocenters. The van der Waals surface area contributed by atoms with Crippen molar-refractivity contribution in [2.24, 2.45) is 0 Å². The van der Waals surface area contributed by atoms with Crippen LogP contribution in [0.3, 0.4) is 0 Å². The van der Waals surface area contributed by atoms with Crippen LogP contribution in [0.1, 0.15) is 180 Å². The Morgan fingerprint density at radius 2 is 0.167 bits per heavy atom. The zero-order valence-corrected chi connectivity index (χ0v) is 22.1. The van der Waals surface area contributed by atoms with Crippen LogP contribution < -0.4 is 6.15 Å². The third kappa shape index (κ3) is 26.5. The van der Waals surface area contributed by atoms with Gasteiger partial charge in [-0.3, -0.25) is 0 Å². The smallest absolute Gasteiger partial charge is 0 e. The molecule has 2 fully saturated rings. The molecule has 0 aromatic rings. The van der Waals surface area contributed by atoms with Gasteiger partial charge in [0.05, 0.1) is 0 Å². The summed E-state index contributed by atoms with van der Waals surface area (Å²) >= 11 is 0. The van der Waals surface area contributed by atoms with Crippen molar-refractivity contribution >= 4 is 0 Å². The molecule has 0 heterocycles. The van der Waals surface area contributed by atoms with E-state index in [-0.39, 0.29) is 23.2 Å². The van der Waals surface area contributed by atoms with Crippen molar-refractivity contribution in [3.63, 3.8) is 0 Å². The first-order chi connectivity index (χ1) is 14.0. The fourth-order valence-electron chi connectivity index (χ4n) is 4.95. The van der Waals surface area contributed by atoms with Crippen LogP contribution >= 0.6 is 0 Å². The van der Waals surface area contributed by atoms with E-state index < -0.39 is 0 Å². The summed E-state index contributed by atoms with van der Waals surface area (Å²) < 4.78 is 0. The van der Waals surface area contributed by atoms with Crippen molar-refractivity contribution in [1.29, 1.82) is 0 Å². The van der Waals surface area contributed by atoms with E-state index in [2.05, 4.69) is 0 Å². The largest absolute Gasteiger partial charge is 0.344 e. The van der Waals surface area contributed by atoms with Crippen LogP contribution in [-0.2, 0) is 17.1 Å². The van der Waals surface area contributed by atoms with Crippen molar-refractivity contribution in [2.45, 2.75) is 180 Å². The topological polar surface area (TPSA) is 35.0 Å². The molecule has 2 aliphatic rings. The Morgan fingerprint density at radius 3 is 0.200 bits per heavy atom. The van der Waals surface area contributed by atoms with E-state index in [4.69, 9.17) is 0 Å². The molecule has 30 heavy (non-hydrogen) atoms. The van der Waals surface area contributed by atoms with Crippen LogP contribution in [0.15, 0.2) is 0 Å². The third-order valence-corrected chi connectivity index (χ3v) is 7.00. The Balaban J connectivity index is 0. The SMILES string of the molecule is C1CCCCCCCCCCCCC1.C1CCCCCCCCCCCCC1.N.[Mn]. The molecule has 0 bridgehead atoms. The molecule has 1 radical (unpaired) electrons. The van der Waals surface area contributed by atoms with Crippen molar-refractivity contribution in [1.82, 2.24) is 6.15 Å². The molecule has 0 aromatic heterocycles. The van der Waals surface area contributed by atoms with E-state index in [1.165, 1.54) is 180 Å². The molecule has 2 heteroatoms. The summed E-state index contributed by atoms with van der Waals surface area (Å²) in [5.41, 5.74) is 0. The Labute approximate surface area is 202 Å². The Hall–Kier alpha value is 0.479. The van der Waals surface area contributed by atoms with Crippen molar-refractivity contribution in [3.05, 3.63) is 0 Å². The second-order valence-corrected chi connectivity index (χ2v) is 9.90. The van der Waals surface area contributed by atoms with E-state index >= 15 is 0 Å². The van der Waals surface area contributed by atoms with Gasteiger partial charge >= 0.3 is 0 Å². The third-order valence-electron chi connectivity index (χ3n) is 7.00. The summed E-state index contributed by atoms with van der Waals surface area (Å²) in [5, 5.41) is 0. The number of rotatable bonds is 0. The molecule has 2 aliphatic carbocycles. The van der Waals surface area contributed by atoms with Gasteiger partial charge in [0.15, 0.2) is 0 Å². The molecular weight excluding hydrogens is 405 g/mol. The van der Waals surface area contributed by atoms with Crippen molar-refractivity contribution in [3.8, 4) is 0 Å². The van der Waals surface area contributed by atoms with E-state index in [9.17, 15) is 0 Å². The van der Waals surface area contributed by atoms with E-state index in [0.29, 0.717) is 0 Å². The predicted molar refractivity (Wildman–Crippen MR) is 134 cm³/mol. The zero-order valence-electron chi connectivity index (χ0n) is 20.9. The van der Waals surface area contributed by atoms with Crippen LogP contribution in [0.2, 0.25) is 0 Å². The molecule has 183 valence electrons. The summed E-state index contributed by atoms with van der Waals surface area (Å²) in [4.78, 5) is 0. The summed E-state index contributed by atoms with van der Waals surface area (Å²) in [6, 6.07) is 0. The van der Waals surface area contributed by atoms with Gasteiger partial charge < -0.3 is 6.15 Å². The fourth-order valence-corrected chi connectivity index (χ4v) is 4.95. The van der Waals surface area contributed by atoms with Gasteiger partial charge in [0.2, 0.25) is 0 Å². The minimum Gasteiger partial charge on any atom is -0.344 e. The van der Waals surface area contributed by atoms with Crippen LogP contribution in [0.4, 0.5) is 0 Å². The van der Waals surface area contributed by atoms with Gasteiger partial charge in [-0.05, 0) is 0 Å². The number of hydrogen-bond acceptors (Lipinski definition) is 1. The summed E-state index contributed by atoms with van der Waals surface area (Å²) in [5.74, 6) is 0. The first-order valence-electron chi connectivity index (χ1n) is 14.0. The van der Waals surface area contributed by atoms with Gasteiger partial charge in [-0.25, -0.2) is 0 Å². The molecule has 0 atom stereocenters. The zero-order chi connectivity index (χ0) is 19.8. The van der Waals surface area contributed by atoms with Crippen LogP contribution in [0.5, 0.6) is 0 Å². The van der Waals surface area contributed by atoms with E-state index in [0.717, 1.165) is 0 Å². The second kappa shape index (κ2) is 29.5. The predicted octanol–water partition coefficient (Wildman–Crippen LogP) is 11.1. The van der Waals surface area contributed by atoms with Crippen LogP contribution in [0, 0.1) is 0 Å².